The second kappa shape index (κ2) is 6.64. The maximum Gasteiger partial charge on any atom is 0.336 e. The predicted octanol–water partition coefficient (Wildman–Crippen LogP) is 2.92. The lowest BCUT2D eigenvalue weighted by atomic mass is 10.1. The van der Waals surface area contributed by atoms with Crippen LogP contribution in [0.15, 0.2) is 62.6 Å². The van der Waals surface area contributed by atoms with Crippen LogP contribution >= 0.6 is 0 Å². The molecular formula is C18H16N2O5S. The highest BCUT2D eigenvalue weighted by molar-refractivity contribution is 7.90. The summed E-state index contributed by atoms with van der Waals surface area (Å²) in [6.45, 7) is 3.45. The molecule has 1 aromatic heterocycles. The predicted molar refractivity (Wildman–Crippen MR) is 97.7 cm³/mol. The minimum Gasteiger partial charge on any atom is -0.423 e. The number of carbonyl (C=O) groups excluding carboxylic acids is 1. The van der Waals surface area contributed by atoms with Crippen molar-refractivity contribution in [2.24, 2.45) is 0 Å². The molecule has 0 aliphatic rings. The number of rotatable bonds is 3. The van der Waals surface area contributed by atoms with Gasteiger partial charge in [-0.15, -0.1) is 0 Å². The molecule has 1 heterocycles. The van der Waals surface area contributed by atoms with E-state index < -0.39 is 21.7 Å². The summed E-state index contributed by atoms with van der Waals surface area (Å²) in [4.78, 5) is 23.3. The fourth-order valence-electron chi connectivity index (χ4n) is 2.56. The summed E-state index contributed by atoms with van der Waals surface area (Å²) >= 11 is 0. The van der Waals surface area contributed by atoms with E-state index in [0.717, 1.165) is 5.56 Å². The molecule has 0 fully saturated rings. The van der Waals surface area contributed by atoms with Crippen LogP contribution in [0, 0.1) is 13.8 Å². The van der Waals surface area contributed by atoms with Crippen LogP contribution in [0.2, 0.25) is 0 Å². The first-order valence-corrected chi connectivity index (χ1v) is 9.18. The molecule has 134 valence electrons. The number of nitrogens with one attached hydrogen (secondary N) is 2. The van der Waals surface area contributed by atoms with Crippen molar-refractivity contribution >= 4 is 32.7 Å². The Bertz CT molecular complexity index is 1170. The minimum atomic E-state index is -4.15. The smallest absolute Gasteiger partial charge is 0.336 e. The van der Waals surface area contributed by atoms with E-state index >= 15 is 0 Å². The van der Waals surface area contributed by atoms with Crippen LogP contribution < -0.4 is 15.7 Å². The Morgan fingerprint density at radius 3 is 2.54 bits per heavy atom. The molecule has 0 unspecified atom stereocenters. The van der Waals surface area contributed by atoms with Gasteiger partial charge in [0.2, 0.25) is 0 Å². The lowest BCUT2D eigenvalue weighted by Gasteiger charge is -2.11. The first-order chi connectivity index (χ1) is 12.2. The standard InChI is InChI=1S/C18H16N2O5S/c1-11-4-3-5-14(8-11)19-18(22)20-26(23,24)16-10-15-13(9-12(16)2)6-7-17(21)25-15/h3-10H,1-2H3,(H2,19,20,22). The van der Waals surface area contributed by atoms with Gasteiger partial charge >= 0.3 is 11.7 Å². The van der Waals surface area contributed by atoms with Crippen molar-refractivity contribution in [2.45, 2.75) is 18.7 Å². The zero-order chi connectivity index (χ0) is 18.9. The summed E-state index contributed by atoms with van der Waals surface area (Å²) in [6, 6.07) is 11.7. The number of anilines is 1. The normalized spacial score (nSPS) is 11.3. The summed E-state index contributed by atoms with van der Waals surface area (Å²) in [5.74, 6) is 0. The van der Waals surface area contributed by atoms with Crippen molar-refractivity contribution in [3.05, 3.63) is 70.1 Å². The molecule has 0 bridgehead atoms. The van der Waals surface area contributed by atoms with Crippen LogP contribution in [-0.4, -0.2) is 14.4 Å². The van der Waals surface area contributed by atoms with Crippen molar-refractivity contribution in [3.63, 3.8) is 0 Å². The number of fused-ring (bicyclic) bond motifs is 1. The number of hydrogen-bond acceptors (Lipinski definition) is 5. The van der Waals surface area contributed by atoms with Crippen LogP contribution in [0.3, 0.4) is 0 Å². The summed E-state index contributed by atoms with van der Waals surface area (Å²) in [7, 11) is -4.15. The fraction of sp³-hybridized carbons (Fsp3) is 0.111. The highest BCUT2D eigenvalue weighted by Crippen LogP contribution is 2.22. The highest BCUT2D eigenvalue weighted by Gasteiger charge is 2.21. The zero-order valence-electron chi connectivity index (χ0n) is 14.1. The van der Waals surface area contributed by atoms with Crippen molar-refractivity contribution in [1.29, 1.82) is 0 Å². The summed E-state index contributed by atoms with van der Waals surface area (Å²) < 4.78 is 32.1. The van der Waals surface area contributed by atoms with E-state index in [1.165, 1.54) is 12.1 Å². The van der Waals surface area contributed by atoms with Gasteiger partial charge in [0, 0.05) is 23.2 Å². The fourth-order valence-corrected chi connectivity index (χ4v) is 3.71. The third-order valence-corrected chi connectivity index (χ3v) is 5.18. The van der Waals surface area contributed by atoms with Gasteiger partial charge in [0.1, 0.15) is 5.58 Å². The van der Waals surface area contributed by atoms with Crippen LogP contribution in [-0.2, 0) is 10.0 Å². The van der Waals surface area contributed by atoms with Gasteiger partial charge in [0.25, 0.3) is 10.0 Å². The Balaban J connectivity index is 1.90. The Labute approximate surface area is 149 Å². The van der Waals surface area contributed by atoms with E-state index in [1.54, 1.807) is 37.3 Å². The molecule has 7 nitrogen and oxygen atoms in total. The van der Waals surface area contributed by atoms with E-state index in [1.807, 2.05) is 17.7 Å². The Kier molecular flexibility index (Phi) is 4.52. The van der Waals surface area contributed by atoms with Crippen molar-refractivity contribution in [1.82, 2.24) is 4.72 Å². The van der Waals surface area contributed by atoms with E-state index in [4.69, 9.17) is 4.42 Å². The number of hydrogen-bond donors (Lipinski definition) is 2. The van der Waals surface area contributed by atoms with Gasteiger partial charge in [0.05, 0.1) is 4.90 Å². The number of benzene rings is 2. The molecular weight excluding hydrogens is 356 g/mol. The molecule has 26 heavy (non-hydrogen) atoms. The van der Waals surface area contributed by atoms with Crippen molar-refractivity contribution in [3.8, 4) is 0 Å². The Morgan fingerprint density at radius 1 is 1.04 bits per heavy atom. The second-order valence-electron chi connectivity index (χ2n) is 5.84. The Hall–Kier alpha value is -3.13. The van der Waals surface area contributed by atoms with Crippen LogP contribution in [0.4, 0.5) is 10.5 Å². The number of amides is 2. The number of carbonyl (C=O) groups is 1. The van der Waals surface area contributed by atoms with Gasteiger partial charge in [-0.1, -0.05) is 12.1 Å². The quantitative estimate of drug-likeness (QED) is 0.688. The van der Waals surface area contributed by atoms with Crippen LogP contribution in [0.25, 0.3) is 11.0 Å². The van der Waals surface area contributed by atoms with Gasteiger partial charge in [-0.2, -0.15) is 0 Å². The van der Waals surface area contributed by atoms with Crippen LogP contribution in [0.5, 0.6) is 0 Å². The molecule has 0 aliphatic carbocycles. The molecule has 2 N–H and O–H groups in total. The number of urea groups is 1. The van der Waals surface area contributed by atoms with Gasteiger partial charge in [-0.3, -0.25) is 0 Å². The van der Waals surface area contributed by atoms with Crippen molar-refractivity contribution in [2.75, 3.05) is 5.32 Å². The average molecular weight is 372 g/mol. The lowest BCUT2D eigenvalue weighted by Crippen LogP contribution is -2.34. The number of sulfonamides is 1. The van der Waals surface area contributed by atoms with Gasteiger partial charge in [-0.05, 0) is 49.2 Å². The molecule has 3 aromatic rings. The molecule has 2 amide bonds. The molecule has 2 aromatic carbocycles. The third kappa shape index (κ3) is 3.75. The molecule has 3 rings (SSSR count). The zero-order valence-corrected chi connectivity index (χ0v) is 14.9. The molecule has 0 spiro atoms. The monoisotopic (exact) mass is 372 g/mol. The average Bonchev–Trinajstić information content (AvgIpc) is 2.54. The molecule has 0 saturated heterocycles. The van der Waals surface area contributed by atoms with E-state index in [9.17, 15) is 18.0 Å². The lowest BCUT2D eigenvalue weighted by molar-refractivity contribution is 0.256. The van der Waals surface area contributed by atoms with Gasteiger partial charge in [-0.25, -0.2) is 22.7 Å². The molecule has 0 radical (unpaired) electrons. The van der Waals surface area contributed by atoms with E-state index in [-0.39, 0.29) is 10.5 Å². The topological polar surface area (TPSA) is 105 Å². The first kappa shape index (κ1) is 17.7. The Morgan fingerprint density at radius 2 is 1.81 bits per heavy atom. The largest absolute Gasteiger partial charge is 0.423 e. The highest BCUT2D eigenvalue weighted by atomic mass is 32.2. The third-order valence-electron chi connectivity index (χ3n) is 3.71. The molecule has 0 aliphatic heterocycles. The molecule has 0 atom stereocenters. The second-order valence-corrected chi connectivity index (χ2v) is 7.49. The minimum absolute atomic E-state index is 0.127. The van der Waals surface area contributed by atoms with Gasteiger partial charge < -0.3 is 9.73 Å². The summed E-state index contributed by atoms with van der Waals surface area (Å²) in [6.07, 6.45) is 0. The van der Waals surface area contributed by atoms with Crippen molar-refractivity contribution < 1.29 is 17.6 Å². The first-order valence-electron chi connectivity index (χ1n) is 7.69. The van der Waals surface area contributed by atoms with E-state index in [0.29, 0.717) is 16.6 Å². The SMILES string of the molecule is Cc1cccc(NC(=O)NS(=O)(=O)c2cc3oc(=O)ccc3cc2C)c1. The molecule has 0 saturated carbocycles. The molecule has 8 heteroatoms. The van der Waals surface area contributed by atoms with E-state index in [2.05, 4.69) is 5.32 Å². The summed E-state index contributed by atoms with van der Waals surface area (Å²) in [5.41, 5.74) is 1.35. The van der Waals surface area contributed by atoms with Crippen LogP contribution in [0.1, 0.15) is 11.1 Å². The maximum absolute atomic E-state index is 12.6. The summed E-state index contributed by atoms with van der Waals surface area (Å²) in [5, 5.41) is 3.06. The number of aryl methyl sites for hydroxylation is 2. The van der Waals surface area contributed by atoms with Gasteiger partial charge in [0.15, 0.2) is 0 Å². The maximum atomic E-state index is 12.6.